The Bertz CT molecular complexity index is 1370. The first-order valence-corrected chi connectivity index (χ1v) is 11.2. The Morgan fingerprint density at radius 1 is 0.800 bits per heavy atom. The summed E-state index contributed by atoms with van der Waals surface area (Å²) in [6.07, 6.45) is 0. The highest BCUT2D eigenvalue weighted by molar-refractivity contribution is 9.10. The van der Waals surface area contributed by atoms with Gasteiger partial charge in [-0.2, -0.15) is 15.8 Å². The van der Waals surface area contributed by atoms with Crippen molar-refractivity contribution in [2.75, 3.05) is 0 Å². The normalized spacial score (nSPS) is 10.1. The summed E-state index contributed by atoms with van der Waals surface area (Å²) in [6.45, 7) is 0. The molecule has 3 heterocycles. The van der Waals surface area contributed by atoms with E-state index in [1.54, 1.807) is 17.4 Å². The van der Waals surface area contributed by atoms with Gasteiger partial charge in [0.1, 0.15) is 23.8 Å². The molecule has 0 aliphatic heterocycles. The van der Waals surface area contributed by atoms with Crippen molar-refractivity contribution in [2.24, 2.45) is 0 Å². The van der Waals surface area contributed by atoms with Crippen molar-refractivity contribution in [1.82, 2.24) is 4.57 Å². The van der Waals surface area contributed by atoms with Crippen LogP contribution < -0.4 is 0 Å². The Hall–Kier alpha value is -3.41. The van der Waals surface area contributed by atoms with E-state index in [1.807, 2.05) is 60.0 Å². The largest absolute Gasteiger partial charge is 0.307 e. The molecule has 0 saturated heterocycles. The van der Waals surface area contributed by atoms with E-state index in [4.69, 9.17) is 10.5 Å². The second-order valence-electron chi connectivity index (χ2n) is 6.12. The Labute approximate surface area is 189 Å². The summed E-state index contributed by atoms with van der Waals surface area (Å²) >= 11 is 6.72. The van der Waals surface area contributed by atoms with Crippen LogP contribution >= 0.6 is 38.6 Å². The Morgan fingerprint density at radius 3 is 2.17 bits per heavy atom. The third-order valence-corrected chi connectivity index (χ3v) is 7.13. The highest BCUT2D eigenvalue weighted by Gasteiger charge is 2.19. The maximum atomic E-state index is 9.48. The Balaban J connectivity index is 1.93. The van der Waals surface area contributed by atoms with Gasteiger partial charge < -0.3 is 4.57 Å². The quantitative estimate of drug-likeness (QED) is 0.290. The van der Waals surface area contributed by atoms with E-state index in [0.29, 0.717) is 4.88 Å². The molecular formula is C23H11BrN4S2. The molecule has 0 bridgehead atoms. The van der Waals surface area contributed by atoms with Crippen LogP contribution in [0, 0.1) is 34.0 Å². The maximum Gasteiger partial charge on any atom is 0.148 e. The molecule has 3 aromatic heterocycles. The highest BCUT2D eigenvalue weighted by Crippen LogP contribution is 2.40. The van der Waals surface area contributed by atoms with E-state index in [2.05, 4.69) is 38.7 Å². The SMILES string of the molecule is N#CC(C#N)=C(C#N)c1ccc(-c2ccc(-c3cccs3)n2-c2ccccc2Br)s1. The monoisotopic (exact) mass is 486 g/mol. The predicted molar refractivity (Wildman–Crippen MR) is 124 cm³/mol. The van der Waals surface area contributed by atoms with Gasteiger partial charge in [-0.1, -0.05) is 18.2 Å². The van der Waals surface area contributed by atoms with E-state index in [-0.39, 0.29) is 11.1 Å². The molecule has 0 atom stereocenters. The fourth-order valence-electron chi connectivity index (χ4n) is 3.12. The molecule has 0 N–H and O–H groups in total. The van der Waals surface area contributed by atoms with Crippen LogP contribution in [-0.2, 0) is 0 Å². The number of benzene rings is 1. The van der Waals surface area contributed by atoms with Gasteiger partial charge in [-0.15, -0.1) is 22.7 Å². The van der Waals surface area contributed by atoms with Crippen LogP contribution in [0.5, 0.6) is 0 Å². The standard InChI is InChI=1S/C23H11BrN4S2/c24-17-4-1-2-5-18(17)28-19(22-6-3-11-29-22)7-8-20(28)23-10-9-21(30-23)16(14-27)15(12-25)13-26/h1-11H. The molecule has 0 radical (unpaired) electrons. The van der Waals surface area contributed by atoms with Gasteiger partial charge in [-0.3, -0.25) is 0 Å². The highest BCUT2D eigenvalue weighted by atomic mass is 79.9. The van der Waals surface area contributed by atoms with Gasteiger partial charge in [0, 0.05) is 9.35 Å². The molecule has 0 unspecified atom stereocenters. The summed E-state index contributed by atoms with van der Waals surface area (Å²) in [5.41, 5.74) is 2.96. The predicted octanol–water partition coefficient (Wildman–Crippen LogP) is 7.02. The minimum absolute atomic E-state index is 0.105. The second kappa shape index (κ2) is 8.53. The number of aromatic nitrogens is 1. The average Bonchev–Trinajstić information content (AvgIpc) is 3.52. The van der Waals surface area contributed by atoms with Crippen LogP contribution in [0.4, 0.5) is 0 Å². The molecule has 0 fully saturated rings. The van der Waals surface area contributed by atoms with Crippen LogP contribution in [0.15, 0.2) is 76.1 Å². The van der Waals surface area contributed by atoms with E-state index >= 15 is 0 Å². The van der Waals surface area contributed by atoms with Gasteiger partial charge in [0.05, 0.1) is 32.4 Å². The molecule has 30 heavy (non-hydrogen) atoms. The second-order valence-corrected chi connectivity index (χ2v) is 9.00. The van der Waals surface area contributed by atoms with Gasteiger partial charge in [-0.25, -0.2) is 0 Å². The minimum atomic E-state index is -0.175. The Kier molecular flexibility index (Phi) is 5.65. The molecule has 0 amide bonds. The number of halogens is 1. The summed E-state index contributed by atoms with van der Waals surface area (Å²) in [4.78, 5) is 2.68. The van der Waals surface area contributed by atoms with Crippen LogP contribution in [0.25, 0.3) is 32.4 Å². The summed E-state index contributed by atoms with van der Waals surface area (Å²) in [6, 6.07) is 25.6. The van der Waals surface area contributed by atoms with Gasteiger partial charge in [0.2, 0.25) is 0 Å². The van der Waals surface area contributed by atoms with Crippen LogP contribution in [0.3, 0.4) is 0 Å². The summed E-state index contributed by atoms with van der Waals surface area (Å²) in [5.74, 6) is 0. The number of hydrogen-bond donors (Lipinski definition) is 0. The van der Waals surface area contributed by atoms with Gasteiger partial charge >= 0.3 is 0 Å². The van der Waals surface area contributed by atoms with Crippen LogP contribution in [0.1, 0.15) is 4.88 Å². The molecule has 142 valence electrons. The topological polar surface area (TPSA) is 76.3 Å². The molecule has 4 nitrogen and oxygen atoms in total. The molecular weight excluding hydrogens is 476 g/mol. The molecule has 4 rings (SSSR count). The molecule has 0 aliphatic carbocycles. The van der Waals surface area contributed by atoms with Crippen molar-refractivity contribution in [3.63, 3.8) is 0 Å². The fourth-order valence-corrected chi connectivity index (χ4v) is 5.34. The van der Waals surface area contributed by atoms with Crippen molar-refractivity contribution in [3.8, 4) is 45.0 Å². The number of thiophene rings is 2. The lowest BCUT2D eigenvalue weighted by Gasteiger charge is -2.14. The fraction of sp³-hybridized carbons (Fsp3) is 0. The number of rotatable bonds is 4. The lowest BCUT2D eigenvalue weighted by atomic mass is 10.1. The molecule has 7 heteroatoms. The minimum Gasteiger partial charge on any atom is -0.307 e. The molecule has 0 aliphatic rings. The molecule has 4 aromatic rings. The summed E-state index contributed by atoms with van der Waals surface area (Å²) < 4.78 is 3.14. The first-order chi connectivity index (χ1) is 14.7. The zero-order valence-electron chi connectivity index (χ0n) is 15.3. The lowest BCUT2D eigenvalue weighted by Crippen LogP contribution is -1.98. The van der Waals surface area contributed by atoms with Crippen molar-refractivity contribution >= 4 is 44.2 Å². The van der Waals surface area contributed by atoms with E-state index < -0.39 is 0 Å². The molecule has 1 aromatic carbocycles. The summed E-state index contributed by atoms with van der Waals surface area (Å²) in [5, 5.41) is 29.8. The van der Waals surface area contributed by atoms with Crippen LogP contribution in [-0.4, -0.2) is 4.57 Å². The zero-order chi connectivity index (χ0) is 21.1. The zero-order valence-corrected chi connectivity index (χ0v) is 18.6. The molecule has 0 saturated carbocycles. The van der Waals surface area contributed by atoms with Crippen molar-refractivity contribution in [2.45, 2.75) is 0 Å². The van der Waals surface area contributed by atoms with Crippen molar-refractivity contribution in [3.05, 3.63) is 81.0 Å². The number of nitriles is 3. The van der Waals surface area contributed by atoms with Crippen molar-refractivity contribution in [1.29, 1.82) is 15.8 Å². The Morgan fingerprint density at radius 2 is 1.53 bits per heavy atom. The maximum absolute atomic E-state index is 9.48. The number of para-hydroxylation sites is 1. The van der Waals surface area contributed by atoms with Gasteiger partial charge in [-0.05, 0) is 63.8 Å². The van der Waals surface area contributed by atoms with E-state index in [0.717, 1.165) is 31.3 Å². The smallest absolute Gasteiger partial charge is 0.148 e. The number of allylic oxidation sites excluding steroid dienone is 2. The lowest BCUT2D eigenvalue weighted by molar-refractivity contribution is 1.09. The first-order valence-electron chi connectivity index (χ1n) is 8.73. The third kappa shape index (κ3) is 3.49. The van der Waals surface area contributed by atoms with Crippen LogP contribution in [0.2, 0.25) is 0 Å². The third-order valence-electron chi connectivity index (χ3n) is 4.44. The van der Waals surface area contributed by atoms with E-state index in [9.17, 15) is 5.26 Å². The average molecular weight is 487 g/mol. The number of hydrogen-bond acceptors (Lipinski definition) is 5. The van der Waals surface area contributed by atoms with Gasteiger partial charge in [0.25, 0.3) is 0 Å². The molecule has 0 spiro atoms. The van der Waals surface area contributed by atoms with E-state index in [1.165, 1.54) is 11.3 Å². The first kappa shape index (κ1) is 19.9. The summed E-state index contributed by atoms with van der Waals surface area (Å²) in [7, 11) is 0. The van der Waals surface area contributed by atoms with Gasteiger partial charge in [0.15, 0.2) is 0 Å². The van der Waals surface area contributed by atoms with Crippen molar-refractivity contribution < 1.29 is 0 Å². The number of nitrogens with zero attached hydrogens (tertiary/aromatic N) is 4.